The quantitative estimate of drug-likeness (QED) is 0.476. The van der Waals surface area contributed by atoms with Gasteiger partial charge in [0.1, 0.15) is 5.69 Å². The Balaban J connectivity index is 1.42. The van der Waals surface area contributed by atoms with E-state index in [1.165, 1.54) is 16.4 Å². The molecule has 3 aromatic carbocycles. The van der Waals surface area contributed by atoms with Crippen LogP contribution in [0.2, 0.25) is 0 Å². The van der Waals surface area contributed by atoms with Gasteiger partial charge in [-0.05, 0) is 42.0 Å². The number of anilines is 1. The van der Waals surface area contributed by atoms with Crippen molar-refractivity contribution in [3.8, 4) is 0 Å². The lowest BCUT2D eigenvalue weighted by Crippen LogP contribution is -2.26. The third kappa shape index (κ3) is 4.65. The van der Waals surface area contributed by atoms with Crippen molar-refractivity contribution in [1.29, 1.82) is 0 Å². The molecule has 0 atom stereocenters. The molecule has 1 heterocycles. The zero-order chi connectivity index (χ0) is 21.8. The standard InChI is InChI=1S/C23H21N3O4S/c1-26(16-17-7-3-2-4-8-17)31(28,29)19-13-11-18(12-14-19)24-23(27)15-21-20-9-5-6-10-22(20)30-25-21/h2-14H,15-16H2,1H3,(H,24,27). The molecule has 8 heteroatoms. The molecule has 0 aliphatic carbocycles. The van der Waals surface area contributed by atoms with Gasteiger partial charge in [0.2, 0.25) is 15.9 Å². The fourth-order valence-corrected chi connectivity index (χ4v) is 4.40. The Morgan fingerprint density at radius 2 is 1.65 bits per heavy atom. The Kier molecular flexibility index (Phi) is 5.83. The fraction of sp³-hybridized carbons (Fsp3) is 0.130. The zero-order valence-electron chi connectivity index (χ0n) is 16.9. The minimum absolute atomic E-state index is 0.0525. The van der Waals surface area contributed by atoms with Crippen molar-refractivity contribution >= 4 is 32.6 Å². The summed E-state index contributed by atoms with van der Waals surface area (Å²) in [5, 5.41) is 7.51. The van der Waals surface area contributed by atoms with Crippen molar-refractivity contribution < 1.29 is 17.7 Å². The molecule has 0 saturated heterocycles. The monoisotopic (exact) mass is 435 g/mol. The highest BCUT2D eigenvalue weighted by Crippen LogP contribution is 2.21. The summed E-state index contributed by atoms with van der Waals surface area (Å²) in [6.07, 6.45) is 0.0525. The van der Waals surface area contributed by atoms with Crippen molar-refractivity contribution in [3.05, 3.63) is 90.1 Å². The molecule has 0 unspecified atom stereocenters. The molecule has 7 nitrogen and oxygen atoms in total. The van der Waals surface area contributed by atoms with Crippen molar-refractivity contribution in [3.63, 3.8) is 0 Å². The van der Waals surface area contributed by atoms with Crippen molar-refractivity contribution in [2.24, 2.45) is 0 Å². The van der Waals surface area contributed by atoms with Gasteiger partial charge in [-0.15, -0.1) is 0 Å². The van der Waals surface area contributed by atoms with E-state index in [2.05, 4.69) is 10.5 Å². The first-order chi connectivity index (χ1) is 14.9. The molecule has 0 aliphatic heterocycles. The molecule has 158 valence electrons. The zero-order valence-corrected chi connectivity index (χ0v) is 17.7. The molecule has 0 fully saturated rings. The summed E-state index contributed by atoms with van der Waals surface area (Å²) in [5.41, 5.74) is 2.58. The average molecular weight is 436 g/mol. The predicted molar refractivity (Wildman–Crippen MR) is 118 cm³/mol. The molecule has 0 radical (unpaired) electrons. The number of nitrogens with zero attached hydrogens (tertiary/aromatic N) is 2. The van der Waals surface area contributed by atoms with E-state index in [9.17, 15) is 13.2 Å². The first kappa shape index (κ1) is 20.8. The Labute approximate surface area is 180 Å². The number of nitrogens with one attached hydrogen (secondary N) is 1. The van der Waals surface area contributed by atoms with Crippen LogP contribution in [0.25, 0.3) is 11.0 Å². The van der Waals surface area contributed by atoms with Crippen LogP contribution in [0.15, 0.2) is 88.3 Å². The average Bonchev–Trinajstić information content (AvgIpc) is 3.17. The molecule has 0 bridgehead atoms. The number of carbonyl (C=O) groups is 1. The molecule has 1 aromatic heterocycles. The normalized spacial score (nSPS) is 11.7. The maximum atomic E-state index is 12.8. The number of benzene rings is 3. The van der Waals surface area contributed by atoms with Crippen LogP contribution in [-0.4, -0.2) is 30.8 Å². The largest absolute Gasteiger partial charge is 0.356 e. The number of rotatable bonds is 7. The topological polar surface area (TPSA) is 92.5 Å². The minimum Gasteiger partial charge on any atom is -0.356 e. The summed E-state index contributed by atoms with van der Waals surface area (Å²) in [4.78, 5) is 12.6. The van der Waals surface area contributed by atoms with Crippen LogP contribution in [0, 0.1) is 0 Å². The summed E-state index contributed by atoms with van der Waals surface area (Å²) < 4.78 is 32.2. The summed E-state index contributed by atoms with van der Waals surface area (Å²) >= 11 is 0. The van der Waals surface area contributed by atoms with Crippen LogP contribution in [0.4, 0.5) is 5.69 Å². The van der Waals surface area contributed by atoms with Gasteiger partial charge in [0.15, 0.2) is 5.58 Å². The van der Waals surface area contributed by atoms with E-state index in [1.807, 2.05) is 48.5 Å². The number of para-hydroxylation sites is 1. The first-order valence-corrected chi connectivity index (χ1v) is 11.1. The number of sulfonamides is 1. The van der Waals surface area contributed by atoms with Gasteiger partial charge in [-0.3, -0.25) is 4.79 Å². The van der Waals surface area contributed by atoms with Crippen molar-refractivity contribution in [2.45, 2.75) is 17.9 Å². The van der Waals surface area contributed by atoms with Crippen LogP contribution >= 0.6 is 0 Å². The number of hydrogen-bond donors (Lipinski definition) is 1. The summed E-state index contributed by atoms with van der Waals surface area (Å²) in [5.74, 6) is -0.268. The molecule has 0 saturated carbocycles. The maximum Gasteiger partial charge on any atom is 0.243 e. The van der Waals surface area contributed by atoms with Gasteiger partial charge in [0.05, 0.1) is 11.3 Å². The van der Waals surface area contributed by atoms with Gasteiger partial charge in [0, 0.05) is 24.7 Å². The number of hydrogen-bond acceptors (Lipinski definition) is 5. The molecule has 31 heavy (non-hydrogen) atoms. The molecule has 4 rings (SSSR count). The van der Waals surface area contributed by atoms with Gasteiger partial charge >= 0.3 is 0 Å². The van der Waals surface area contributed by atoms with E-state index in [0.29, 0.717) is 17.0 Å². The highest BCUT2D eigenvalue weighted by molar-refractivity contribution is 7.89. The number of amides is 1. The van der Waals surface area contributed by atoms with E-state index in [0.717, 1.165) is 10.9 Å². The van der Waals surface area contributed by atoms with Gasteiger partial charge in [-0.1, -0.05) is 47.6 Å². The second-order valence-corrected chi connectivity index (χ2v) is 9.17. The van der Waals surface area contributed by atoms with Crippen LogP contribution in [0.5, 0.6) is 0 Å². The van der Waals surface area contributed by atoms with Gasteiger partial charge < -0.3 is 9.84 Å². The number of fused-ring (bicyclic) bond motifs is 1. The van der Waals surface area contributed by atoms with E-state index >= 15 is 0 Å². The van der Waals surface area contributed by atoms with Gasteiger partial charge in [-0.25, -0.2) is 8.42 Å². The molecule has 4 aromatic rings. The summed E-state index contributed by atoms with van der Waals surface area (Å²) in [6, 6.07) is 22.8. The second kappa shape index (κ2) is 8.71. The van der Waals surface area contributed by atoms with Crippen LogP contribution in [0.1, 0.15) is 11.3 Å². The van der Waals surface area contributed by atoms with Crippen molar-refractivity contribution in [1.82, 2.24) is 9.46 Å². The van der Waals surface area contributed by atoms with Gasteiger partial charge in [-0.2, -0.15) is 4.31 Å². The Morgan fingerprint density at radius 1 is 0.968 bits per heavy atom. The Morgan fingerprint density at radius 3 is 2.39 bits per heavy atom. The molecule has 1 amide bonds. The number of carbonyl (C=O) groups excluding carboxylic acids is 1. The number of aromatic nitrogens is 1. The third-order valence-electron chi connectivity index (χ3n) is 4.87. The lowest BCUT2D eigenvalue weighted by atomic mass is 10.1. The fourth-order valence-electron chi connectivity index (χ4n) is 3.24. The Hall–Kier alpha value is -3.49. The van der Waals surface area contributed by atoms with E-state index in [1.54, 1.807) is 25.2 Å². The van der Waals surface area contributed by atoms with Gasteiger partial charge in [0.25, 0.3) is 0 Å². The predicted octanol–water partition coefficient (Wildman–Crippen LogP) is 3.83. The molecule has 1 N–H and O–H groups in total. The minimum atomic E-state index is -3.65. The lowest BCUT2D eigenvalue weighted by molar-refractivity contribution is -0.115. The van der Waals surface area contributed by atoms with E-state index in [-0.39, 0.29) is 23.8 Å². The van der Waals surface area contributed by atoms with Crippen LogP contribution in [0.3, 0.4) is 0 Å². The van der Waals surface area contributed by atoms with E-state index < -0.39 is 10.0 Å². The maximum absolute atomic E-state index is 12.8. The molecular weight excluding hydrogens is 414 g/mol. The smallest absolute Gasteiger partial charge is 0.243 e. The second-order valence-electron chi connectivity index (χ2n) is 7.12. The third-order valence-corrected chi connectivity index (χ3v) is 6.69. The molecular formula is C23H21N3O4S. The highest BCUT2D eigenvalue weighted by atomic mass is 32.2. The van der Waals surface area contributed by atoms with Crippen LogP contribution in [-0.2, 0) is 27.8 Å². The molecule has 0 aliphatic rings. The molecule has 0 spiro atoms. The summed E-state index contributed by atoms with van der Waals surface area (Å²) in [6.45, 7) is 0.271. The highest BCUT2D eigenvalue weighted by Gasteiger charge is 2.21. The SMILES string of the molecule is CN(Cc1ccccc1)S(=O)(=O)c1ccc(NC(=O)Cc2noc3ccccc23)cc1. The lowest BCUT2D eigenvalue weighted by Gasteiger charge is -2.17. The first-order valence-electron chi connectivity index (χ1n) is 9.67. The Bertz CT molecular complexity index is 1300. The van der Waals surface area contributed by atoms with E-state index in [4.69, 9.17) is 4.52 Å². The summed E-state index contributed by atoms with van der Waals surface area (Å²) in [7, 11) is -2.11. The van der Waals surface area contributed by atoms with Crippen molar-refractivity contribution in [2.75, 3.05) is 12.4 Å². The van der Waals surface area contributed by atoms with Crippen LogP contribution < -0.4 is 5.32 Å².